The van der Waals surface area contributed by atoms with Crippen molar-refractivity contribution in [2.24, 2.45) is 0 Å². The highest BCUT2D eigenvalue weighted by Gasteiger charge is 2.52. The van der Waals surface area contributed by atoms with Gasteiger partial charge in [-0.2, -0.15) is 0 Å². The minimum atomic E-state index is -2.08. The predicted octanol–water partition coefficient (Wildman–Crippen LogP) is -0.728. The van der Waals surface area contributed by atoms with Crippen molar-refractivity contribution >= 4 is 23.0 Å². The SMILES string of the molecule is COc1cc(/C=C/C(=O)OC[C@H]2O[C@H](O[C@@H]3[C@@H](Oc4c(-c5ccc(O)c(O)c5)oc5cc(O)cc(O)c5c4=O)O[C@H](CO)[C@@H](O)[C@@H]3O)[C@@H](O)[C@H](O)[C@@H]2O)cc(OC)c1O. The molecule has 4 aromatic rings. The van der Waals surface area contributed by atoms with Gasteiger partial charge in [-0.05, 0) is 42.0 Å². The highest BCUT2D eigenvalue weighted by atomic mass is 16.8. The minimum Gasteiger partial charge on any atom is -0.508 e. The average Bonchev–Trinajstić information content (AvgIpc) is 3.21. The Morgan fingerprint density at radius 1 is 0.763 bits per heavy atom. The van der Waals surface area contributed by atoms with E-state index in [-0.39, 0.29) is 28.4 Å². The van der Waals surface area contributed by atoms with Crippen LogP contribution in [0.3, 0.4) is 0 Å². The molecule has 0 spiro atoms. The van der Waals surface area contributed by atoms with Gasteiger partial charge in [0, 0.05) is 23.8 Å². The number of benzene rings is 3. The van der Waals surface area contributed by atoms with E-state index in [1.165, 1.54) is 38.5 Å². The van der Waals surface area contributed by atoms with E-state index in [2.05, 4.69) is 0 Å². The maximum Gasteiger partial charge on any atom is 0.330 e. The molecule has 318 valence electrons. The number of methoxy groups -OCH3 is 2. The first kappa shape index (κ1) is 42.7. The molecule has 2 saturated heterocycles. The monoisotopic (exact) mass is 832 g/mol. The van der Waals surface area contributed by atoms with Crippen LogP contribution in [0, 0.1) is 0 Å². The molecule has 11 N–H and O–H groups in total. The standard InChI is InChI=1S/C38H40O21/c1-52-21-7-14(8-22(53-2)27(21)45)3-6-25(44)54-13-24-29(47)31(49)33(51)37(57-24)59-36-32(50)28(46)23(12-39)56-38(36)58-35-30(48)26-19(43)10-16(40)11-20(26)55-34(35)15-4-5-17(41)18(42)9-15/h3-11,23-24,28-29,31-33,36-43,45-47,49-51H,12-13H2,1-2H3/b6-3+/t23-,24-,28-,29-,31-,32+,33+,36+,37-,38-/m1/s1. The molecule has 2 fully saturated rings. The van der Waals surface area contributed by atoms with Gasteiger partial charge in [0.25, 0.3) is 0 Å². The summed E-state index contributed by atoms with van der Waals surface area (Å²) in [7, 11) is 2.62. The van der Waals surface area contributed by atoms with Gasteiger partial charge in [0.1, 0.15) is 71.8 Å². The number of carbonyl (C=O) groups is 1. The molecule has 2 aliphatic heterocycles. The first-order valence-electron chi connectivity index (χ1n) is 17.6. The molecule has 0 radical (unpaired) electrons. The van der Waals surface area contributed by atoms with Gasteiger partial charge in [-0.1, -0.05) is 0 Å². The molecule has 3 heterocycles. The molecule has 0 aliphatic carbocycles. The van der Waals surface area contributed by atoms with E-state index >= 15 is 0 Å². The summed E-state index contributed by atoms with van der Waals surface area (Å²) in [5, 5.41) is 115. The molecule has 0 unspecified atom stereocenters. The molecule has 0 bridgehead atoms. The van der Waals surface area contributed by atoms with Crippen LogP contribution >= 0.6 is 0 Å². The third-order valence-electron chi connectivity index (χ3n) is 9.48. The molecule has 0 amide bonds. The summed E-state index contributed by atoms with van der Waals surface area (Å²) < 4.78 is 44.2. The minimum absolute atomic E-state index is 0.0504. The number of fused-ring (bicyclic) bond motifs is 1. The number of hydrogen-bond donors (Lipinski definition) is 11. The van der Waals surface area contributed by atoms with E-state index < -0.39 is 126 Å². The fraction of sp³-hybridized carbons (Fsp3) is 0.368. The lowest BCUT2D eigenvalue weighted by atomic mass is 9.97. The smallest absolute Gasteiger partial charge is 0.330 e. The molecule has 1 aromatic heterocycles. The van der Waals surface area contributed by atoms with Crippen LogP contribution < -0.4 is 19.6 Å². The second-order valence-electron chi connectivity index (χ2n) is 13.3. The molecule has 3 aromatic carbocycles. The van der Waals surface area contributed by atoms with Crippen LogP contribution in [0.1, 0.15) is 5.56 Å². The van der Waals surface area contributed by atoms with E-state index in [9.17, 15) is 65.8 Å². The van der Waals surface area contributed by atoms with Gasteiger partial charge in [-0.25, -0.2) is 4.79 Å². The number of aliphatic hydroxyl groups excluding tert-OH is 6. The van der Waals surface area contributed by atoms with Crippen LogP contribution in [0.4, 0.5) is 0 Å². The molecule has 59 heavy (non-hydrogen) atoms. The number of carbonyl (C=O) groups excluding carboxylic acids is 1. The van der Waals surface area contributed by atoms with Crippen molar-refractivity contribution in [2.75, 3.05) is 27.4 Å². The summed E-state index contributed by atoms with van der Waals surface area (Å²) >= 11 is 0. The van der Waals surface area contributed by atoms with Crippen molar-refractivity contribution in [3.05, 3.63) is 64.3 Å². The van der Waals surface area contributed by atoms with E-state index in [1.54, 1.807) is 0 Å². The Hall–Kier alpha value is -5.88. The Kier molecular flexibility index (Phi) is 12.7. The highest BCUT2D eigenvalue weighted by molar-refractivity contribution is 5.89. The summed E-state index contributed by atoms with van der Waals surface area (Å²) in [6.45, 7) is -1.66. The average molecular weight is 833 g/mol. The zero-order valence-electron chi connectivity index (χ0n) is 30.9. The highest BCUT2D eigenvalue weighted by Crippen LogP contribution is 2.41. The van der Waals surface area contributed by atoms with Crippen molar-refractivity contribution < 1.29 is 98.5 Å². The Labute approximate surface area is 331 Å². The Morgan fingerprint density at radius 3 is 2.07 bits per heavy atom. The van der Waals surface area contributed by atoms with E-state index in [1.807, 2.05) is 0 Å². The number of phenols is 5. The van der Waals surface area contributed by atoms with Crippen LogP contribution in [0.25, 0.3) is 28.4 Å². The van der Waals surface area contributed by atoms with E-state index in [4.69, 9.17) is 37.6 Å². The van der Waals surface area contributed by atoms with Gasteiger partial charge < -0.3 is 93.7 Å². The van der Waals surface area contributed by atoms with Crippen molar-refractivity contribution in [3.63, 3.8) is 0 Å². The molecule has 21 nitrogen and oxygen atoms in total. The zero-order chi connectivity index (χ0) is 42.9. The lowest BCUT2D eigenvalue weighted by Crippen LogP contribution is -2.65. The zero-order valence-corrected chi connectivity index (χ0v) is 30.9. The number of ether oxygens (including phenoxy) is 7. The lowest BCUT2D eigenvalue weighted by Gasteiger charge is -2.45. The summed E-state index contributed by atoms with van der Waals surface area (Å²) in [6.07, 6.45) is -16.9. The van der Waals surface area contributed by atoms with Crippen LogP contribution in [-0.4, -0.2) is 151 Å². The second-order valence-corrected chi connectivity index (χ2v) is 13.3. The Balaban J connectivity index is 1.28. The van der Waals surface area contributed by atoms with Crippen molar-refractivity contribution in [3.8, 4) is 57.3 Å². The van der Waals surface area contributed by atoms with Gasteiger partial charge in [0.15, 0.2) is 41.2 Å². The lowest BCUT2D eigenvalue weighted by molar-refractivity contribution is -0.358. The number of hydrogen-bond acceptors (Lipinski definition) is 21. The Morgan fingerprint density at radius 2 is 1.42 bits per heavy atom. The summed E-state index contributed by atoms with van der Waals surface area (Å²) in [5.41, 5.74) is -1.22. The van der Waals surface area contributed by atoms with E-state index in [0.717, 1.165) is 30.3 Å². The number of rotatable bonds is 12. The van der Waals surface area contributed by atoms with Crippen LogP contribution in [0.15, 0.2) is 57.8 Å². The molecule has 2 aliphatic rings. The number of aromatic hydroxyl groups is 5. The largest absolute Gasteiger partial charge is 0.508 e. The van der Waals surface area contributed by atoms with Crippen molar-refractivity contribution in [1.82, 2.24) is 0 Å². The topological polar surface area (TPSA) is 334 Å². The third-order valence-corrected chi connectivity index (χ3v) is 9.48. The number of phenolic OH excluding ortho intramolecular Hbond substituents is 5. The number of esters is 1. The van der Waals surface area contributed by atoms with Gasteiger partial charge in [0.05, 0.1) is 20.8 Å². The van der Waals surface area contributed by atoms with Gasteiger partial charge >= 0.3 is 5.97 Å². The number of aliphatic hydroxyl groups is 6. The first-order valence-corrected chi connectivity index (χ1v) is 17.6. The van der Waals surface area contributed by atoms with Crippen LogP contribution in [0.5, 0.6) is 46.0 Å². The molecular formula is C38H40O21. The predicted molar refractivity (Wildman–Crippen MR) is 196 cm³/mol. The second kappa shape index (κ2) is 17.5. The summed E-state index contributed by atoms with van der Waals surface area (Å²) in [4.78, 5) is 26.6. The molecular weight excluding hydrogens is 792 g/mol. The maximum absolute atomic E-state index is 14.0. The van der Waals surface area contributed by atoms with Crippen LogP contribution in [-0.2, 0) is 23.7 Å². The van der Waals surface area contributed by atoms with Gasteiger partial charge in [-0.3, -0.25) is 4.79 Å². The Bertz CT molecular complexity index is 2230. The molecule has 6 rings (SSSR count). The van der Waals surface area contributed by atoms with Crippen molar-refractivity contribution in [1.29, 1.82) is 0 Å². The molecule has 0 saturated carbocycles. The fourth-order valence-electron chi connectivity index (χ4n) is 6.35. The van der Waals surface area contributed by atoms with Gasteiger partial charge in [0.2, 0.25) is 23.2 Å². The van der Waals surface area contributed by atoms with E-state index in [0.29, 0.717) is 5.56 Å². The fourth-order valence-corrected chi connectivity index (χ4v) is 6.35. The van der Waals surface area contributed by atoms with Crippen molar-refractivity contribution in [2.45, 2.75) is 61.4 Å². The summed E-state index contributed by atoms with van der Waals surface area (Å²) in [6, 6.07) is 7.83. The van der Waals surface area contributed by atoms with Gasteiger partial charge in [-0.15, -0.1) is 0 Å². The molecule has 21 heteroatoms. The first-order chi connectivity index (χ1) is 28.1. The van der Waals surface area contributed by atoms with Crippen LogP contribution in [0.2, 0.25) is 0 Å². The summed E-state index contributed by atoms with van der Waals surface area (Å²) in [5.74, 6) is -4.89. The quantitative estimate of drug-likeness (QED) is 0.0476. The molecule has 10 atom stereocenters. The normalized spacial score (nSPS) is 27.1. The maximum atomic E-state index is 14.0. The third kappa shape index (κ3) is 8.64.